The highest BCUT2D eigenvalue weighted by atomic mass is 32.1. The summed E-state index contributed by atoms with van der Waals surface area (Å²) in [5, 5.41) is 0. The molecular formula is C12H16N2S. The molecule has 0 atom stereocenters. The van der Waals surface area contributed by atoms with E-state index in [0.29, 0.717) is 4.99 Å². The number of nitrogens with two attached hydrogens (primary N) is 1. The molecule has 1 aliphatic heterocycles. The number of hydrogen-bond donors (Lipinski definition) is 1. The maximum absolute atomic E-state index is 5.48. The van der Waals surface area contributed by atoms with Crippen LogP contribution in [0.2, 0.25) is 0 Å². The van der Waals surface area contributed by atoms with Crippen molar-refractivity contribution in [2.75, 3.05) is 18.0 Å². The largest absolute Gasteiger partial charge is 0.393 e. The highest BCUT2D eigenvalue weighted by Gasteiger charge is 2.17. The van der Waals surface area contributed by atoms with E-state index in [1.165, 1.54) is 17.7 Å². The second-order valence-corrected chi connectivity index (χ2v) is 4.46. The molecule has 0 unspecified atom stereocenters. The van der Waals surface area contributed by atoms with E-state index >= 15 is 0 Å². The zero-order valence-corrected chi connectivity index (χ0v) is 9.59. The van der Waals surface area contributed by atoms with Crippen LogP contribution in [0.25, 0.3) is 0 Å². The summed E-state index contributed by atoms with van der Waals surface area (Å²) in [6.07, 6.45) is 3.08. The average Bonchev–Trinajstić information content (AvgIpc) is 2.62. The van der Waals surface area contributed by atoms with Gasteiger partial charge in [0, 0.05) is 18.8 Å². The van der Waals surface area contributed by atoms with Crippen LogP contribution in [0.5, 0.6) is 0 Å². The normalized spacial score (nSPS) is 14.0. The molecule has 1 aliphatic rings. The number of fused-ring (bicyclic) bond motifs is 1. The van der Waals surface area contributed by atoms with Gasteiger partial charge in [0.25, 0.3) is 0 Å². The van der Waals surface area contributed by atoms with E-state index in [9.17, 15) is 0 Å². The first-order chi connectivity index (χ1) is 7.27. The van der Waals surface area contributed by atoms with E-state index in [4.69, 9.17) is 18.0 Å². The number of rotatable bonds is 4. The Hall–Kier alpha value is -1.09. The molecule has 0 radical (unpaired) electrons. The average molecular weight is 220 g/mol. The Balaban J connectivity index is 1.93. The molecule has 2 nitrogen and oxygen atoms in total. The van der Waals surface area contributed by atoms with E-state index in [1.54, 1.807) is 0 Å². The van der Waals surface area contributed by atoms with Gasteiger partial charge in [0.15, 0.2) is 0 Å². The van der Waals surface area contributed by atoms with Gasteiger partial charge in [-0.2, -0.15) is 0 Å². The van der Waals surface area contributed by atoms with Crippen molar-refractivity contribution in [1.29, 1.82) is 0 Å². The number of benzene rings is 1. The van der Waals surface area contributed by atoms with Crippen molar-refractivity contribution in [2.45, 2.75) is 19.3 Å². The van der Waals surface area contributed by atoms with Crippen molar-refractivity contribution in [3.63, 3.8) is 0 Å². The summed E-state index contributed by atoms with van der Waals surface area (Å²) in [5.74, 6) is 0. The molecule has 0 amide bonds. The first kappa shape index (κ1) is 10.4. The molecule has 0 saturated carbocycles. The number of para-hydroxylation sites is 1. The highest BCUT2D eigenvalue weighted by molar-refractivity contribution is 7.80. The Morgan fingerprint density at radius 2 is 2.20 bits per heavy atom. The van der Waals surface area contributed by atoms with Crippen LogP contribution in [0.4, 0.5) is 5.69 Å². The van der Waals surface area contributed by atoms with Crippen molar-refractivity contribution in [3.8, 4) is 0 Å². The molecule has 0 saturated heterocycles. The first-order valence-electron chi connectivity index (χ1n) is 5.38. The highest BCUT2D eigenvalue weighted by Crippen LogP contribution is 2.27. The summed E-state index contributed by atoms with van der Waals surface area (Å²) in [7, 11) is 0. The van der Waals surface area contributed by atoms with Gasteiger partial charge in [-0.3, -0.25) is 0 Å². The molecule has 0 aromatic heterocycles. The molecule has 2 N–H and O–H groups in total. The monoisotopic (exact) mass is 220 g/mol. The van der Waals surface area contributed by atoms with Gasteiger partial charge in [-0.25, -0.2) is 0 Å². The van der Waals surface area contributed by atoms with Gasteiger partial charge in [-0.05, 0) is 30.9 Å². The van der Waals surface area contributed by atoms with Gasteiger partial charge in [-0.1, -0.05) is 30.4 Å². The molecule has 1 aromatic rings. The summed E-state index contributed by atoms with van der Waals surface area (Å²) in [6, 6.07) is 8.62. The van der Waals surface area contributed by atoms with Crippen molar-refractivity contribution in [2.24, 2.45) is 5.73 Å². The van der Waals surface area contributed by atoms with Crippen molar-refractivity contribution < 1.29 is 0 Å². The van der Waals surface area contributed by atoms with Crippen LogP contribution in [0.15, 0.2) is 24.3 Å². The fourth-order valence-corrected chi connectivity index (χ4v) is 2.23. The fraction of sp³-hybridized carbons (Fsp3) is 0.417. The summed E-state index contributed by atoms with van der Waals surface area (Å²) in [5.41, 5.74) is 8.34. The standard InChI is InChI=1S/C12H16N2S/c13-12(15)6-3-8-14-9-7-10-4-1-2-5-11(10)14/h1-2,4-5H,3,6-9H2,(H2,13,15). The molecule has 0 aliphatic carbocycles. The van der Waals surface area contributed by atoms with Gasteiger partial charge < -0.3 is 10.6 Å². The quantitative estimate of drug-likeness (QED) is 0.788. The topological polar surface area (TPSA) is 29.3 Å². The molecule has 1 heterocycles. The maximum Gasteiger partial charge on any atom is 0.0728 e. The van der Waals surface area contributed by atoms with Gasteiger partial charge in [0.2, 0.25) is 0 Å². The van der Waals surface area contributed by atoms with Gasteiger partial charge in [-0.15, -0.1) is 0 Å². The van der Waals surface area contributed by atoms with Crippen molar-refractivity contribution >= 4 is 22.9 Å². The SMILES string of the molecule is NC(=S)CCCN1CCc2ccccc21. The van der Waals surface area contributed by atoms with Gasteiger partial charge in [0.05, 0.1) is 4.99 Å². The zero-order chi connectivity index (χ0) is 10.7. The minimum atomic E-state index is 0.627. The molecule has 0 bridgehead atoms. The summed E-state index contributed by atoms with van der Waals surface area (Å²) >= 11 is 4.87. The van der Waals surface area contributed by atoms with Crippen LogP contribution in [0, 0.1) is 0 Å². The van der Waals surface area contributed by atoms with E-state index in [2.05, 4.69) is 29.2 Å². The third-order valence-electron chi connectivity index (χ3n) is 2.83. The molecule has 80 valence electrons. The second-order valence-electron chi connectivity index (χ2n) is 3.94. The lowest BCUT2D eigenvalue weighted by Gasteiger charge is -2.18. The van der Waals surface area contributed by atoms with Crippen molar-refractivity contribution in [3.05, 3.63) is 29.8 Å². The Morgan fingerprint density at radius 1 is 1.40 bits per heavy atom. The molecule has 0 fully saturated rings. The first-order valence-corrected chi connectivity index (χ1v) is 5.79. The lowest BCUT2D eigenvalue weighted by molar-refractivity contribution is 0.774. The van der Waals surface area contributed by atoms with Crippen LogP contribution in [-0.2, 0) is 6.42 Å². The minimum Gasteiger partial charge on any atom is -0.393 e. The molecule has 1 aromatic carbocycles. The number of nitrogens with zero attached hydrogens (tertiary/aromatic N) is 1. The third kappa shape index (κ3) is 2.48. The fourth-order valence-electron chi connectivity index (χ4n) is 2.08. The predicted octanol–water partition coefficient (Wildman–Crippen LogP) is 2.12. The lowest BCUT2D eigenvalue weighted by Crippen LogP contribution is -2.22. The summed E-state index contributed by atoms with van der Waals surface area (Å²) in [4.78, 5) is 3.05. The van der Waals surface area contributed by atoms with E-state index in [1.807, 2.05) is 0 Å². The van der Waals surface area contributed by atoms with Gasteiger partial charge >= 0.3 is 0 Å². The van der Waals surface area contributed by atoms with Crippen LogP contribution in [-0.4, -0.2) is 18.1 Å². The van der Waals surface area contributed by atoms with E-state index in [-0.39, 0.29) is 0 Å². The molecular weight excluding hydrogens is 204 g/mol. The molecule has 2 rings (SSSR count). The van der Waals surface area contributed by atoms with E-state index < -0.39 is 0 Å². The Bertz CT molecular complexity index is 362. The van der Waals surface area contributed by atoms with Gasteiger partial charge in [0.1, 0.15) is 0 Å². The Morgan fingerprint density at radius 3 is 3.00 bits per heavy atom. The smallest absolute Gasteiger partial charge is 0.0728 e. The zero-order valence-electron chi connectivity index (χ0n) is 8.78. The van der Waals surface area contributed by atoms with Crippen LogP contribution in [0.1, 0.15) is 18.4 Å². The van der Waals surface area contributed by atoms with Crippen LogP contribution < -0.4 is 10.6 Å². The minimum absolute atomic E-state index is 0.627. The van der Waals surface area contributed by atoms with Crippen LogP contribution in [0.3, 0.4) is 0 Å². The third-order valence-corrected chi connectivity index (χ3v) is 3.04. The number of anilines is 1. The summed E-state index contributed by atoms with van der Waals surface area (Å²) in [6.45, 7) is 2.20. The second kappa shape index (κ2) is 4.62. The predicted molar refractivity (Wildman–Crippen MR) is 68.4 cm³/mol. The number of thiocarbonyl (C=S) groups is 1. The Labute approximate surface area is 96.1 Å². The molecule has 15 heavy (non-hydrogen) atoms. The molecule has 0 spiro atoms. The summed E-state index contributed by atoms with van der Waals surface area (Å²) < 4.78 is 0. The Kier molecular flexibility index (Phi) is 3.21. The number of hydrogen-bond acceptors (Lipinski definition) is 2. The maximum atomic E-state index is 5.48. The van der Waals surface area contributed by atoms with Crippen LogP contribution >= 0.6 is 12.2 Å². The molecule has 3 heteroatoms. The lowest BCUT2D eigenvalue weighted by atomic mass is 10.2. The van der Waals surface area contributed by atoms with E-state index in [0.717, 1.165) is 25.9 Å². The van der Waals surface area contributed by atoms with Crippen molar-refractivity contribution in [1.82, 2.24) is 0 Å².